The third-order valence-electron chi connectivity index (χ3n) is 1.39. The molecule has 0 aliphatic rings. The third-order valence-corrected chi connectivity index (χ3v) is 1.39. The molecule has 0 radical (unpaired) electrons. The number of ether oxygens (including phenoxy) is 2. The maximum absolute atomic E-state index is 9.62. The standard InChI is InChI=1S/C6H11NO2.C6H10O2/c1-2-3-5-9-6-4-7-8;1-2-3-5-8-6-4-7/h2,4,8H,1,3,5-6H2;2,4H,1,3,5-6H2. The molecule has 0 rings (SSSR count). The van der Waals surface area contributed by atoms with Crippen LogP contribution < -0.4 is 0 Å². The number of nitrogens with zero attached hydrogens (tertiary/aromatic N) is 1. The van der Waals surface area contributed by atoms with Crippen molar-refractivity contribution in [1.82, 2.24) is 0 Å². The smallest absolute Gasteiger partial charge is 0.145 e. The minimum Gasteiger partial charge on any atom is -0.411 e. The first kappa shape index (κ1) is 17.9. The van der Waals surface area contributed by atoms with Crippen molar-refractivity contribution in [2.45, 2.75) is 12.8 Å². The van der Waals surface area contributed by atoms with Crippen LogP contribution in [0.5, 0.6) is 0 Å². The molecule has 0 fully saturated rings. The molecule has 0 atom stereocenters. The van der Waals surface area contributed by atoms with Crippen LogP contribution in [0.1, 0.15) is 12.8 Å². The number of hydrogen-bond donors (Lipinski definition) is 1. The molecule has 5 nitrogen and oxygen atoms in total. The van der Waals surface area contributed by atoms with E-state index in [1.807, 2.05) is 0 Å². The zero-order valence-electron chi connectivity index (χ0n) is 10.1. The van der Waals surface area contributed by atoms with Crippen LogP contribution in [-0.2, 0) is 14.3 Å². The van der Waals surface area contributed by atoms with Crippen molar-refractivity contribution in [3.63, 3.8) is 0 Å². The first-order valence-corrected chi connectivity index (χ1v) is 5.30. The van der Waals surface area contributed by atoms with Crippen molar-refractivity contribution in [2.24, 2.45) is 5.16 Å². The van der Waals surface area contributed by atoms with Gasteiger partial charge in [-0.1, -0.05) is 17.3 Å². The Hall–Kier alpha value is -1.46. The number of carbonyl (C=O) groups is 1. The Morgan fingerprint density at radius 3 is 2.00 bits per heavy atom. The first-order valence-electron chi connectivity index (χ1n) is 5.30. The summed E-state index contributed by atoms with van der Waals surface area (Å²) in [7, 11) is 0. The molecular weight excluding hydrogens is 222 g/mol. The molecule has 0 bridgehead atoms. The van der Waals surface area contributed by atoms with Gasteiger partial charge in [0.2, 0.25) is 0 Å². The Kier molecular flexibility index (Phi) is 21.1. The van der Waals surface area contributed by atoms with Gasteiger partial charge in [0.15, 0.2) is 0 Å². The topological polar surface area (TPSA) is 68.1 Å². The van der Waals surface area contributed by atoms with E-state index in [0.29, 0.717) is 19.8 Å². The summed E-state index contributed by atoms with van der Waals surface area (Å²) >= 11 is 0. The van der Waals surface area contributed by atoms with E-state index >= 15 is 0 Å². The van der Waals surface area contributed by atoms with Crippen LogP contribution in [0.3, 0.4) is 0 Å². The fourth-order valence-electron chi connectivity index (χ4n) is 0.634. The van der Waals surface area contributed by atoms with Gasteiger partial charge in [-0.2, -0.15) is 0 Å². The van der Waals surface area contributed by atoms with Gasteiger partial charge in [-0.15, -0.1) is 13.2 Å². The lowest BCUT2D eigenvalue weighted by molar-refractivity contribution is -0.111. The number of aldehydes is 1. The fourth-order valence-corrected chi connectivity index (χ4v) is 0.634. The molecule has 0 saturated heterocycles. The van der Waals surface area contributed by atoms with Crippen molar-refractivity contribution in [2.75, 3.05) is 26.4 Å². The Balaban J connectivity index is 0. The van der Waals surface area contributed by atoms with E-state index in [4.69, 9.17) is 14.7 Å². The van der Waals surface area contributed by atoms with Gasteiger partial charge in [0, 0.05) is 0 Å². The lowest BCUT2D eigenvalue weighted by atomic mass is 10.5. The molecule has 5 heteroatoms. The monoisotopic (exact) mass is 243 g/mol. The molecule has 0 aromatic heterocycles. The van der Waals surface area contributed by atoms with Crippen LogP contribution in [0.25, 0.3) is 0 Å². The van der Waals surface area contributed by atoms with E-state index in [0.717, 1.165) is 19.1 Å². The summed E-state index contributed by atoms with van der Waals surface area (Å²) in [5.41, 5.74) is 0. The van der Waals surface area contributed by atoms with Crippen LogP contribution in [0, 0.1) is 0 Å². The van der Waals surface area contributed by atoms with Crippen LogP contribution in [0.15, 0.2) is 30.5 Å². The Morgan fingerprint density at radius 2 is 1.59 bits per heavy atom. The molecule has 98 valence electrons. The molecular formula is C12H21NO4. The average molecular weight is 243 g/mol. The van der Waals surface area contributed by atoms with Gasteiger partial charge in [-0.3, -0.25) is 0 Å². The molecule has 0 aliphatic carbocycles. The van der Waals surface area contributed by atoms with Gasteiger partial charge in [-0.25, -0.2) is 0 Å². The summed E-state index contributed by atoms with van der Waals surface area (Å²) in [6, 6.07) is 0. The first-order chi connectivity index (χ1) is 8.33. The van der Waals surface area contributed by atoms with E-state index in [1.54, 1.807) is 12.2 Å². The van der Waals surface area contributed by atoms with Crippen LogP contribution in [0.4, 0.5) is 0 Å². The summed E-state index contributed by atoms with van der Waals surface area (Å²) in [5, 5.41) is 10.6. The van der Waals surface area contributed by atoms with Crippen LogP contribution >= 0.6 is 0 Å². The van der Waals surface area contributed by atoms with Crippen molar-refractivity contribution in [3.8, 4) is 0 Å². The van der Waals surface area contributed by atoms with Gasteiger partial charge in [0.05, 0.1) is 26.0 Å². The molecule has 0 aliphatic heterocycles. The highest BCUT2D eigenvalue weighted by Crippen LogP contribution is 1.80. The fraction of sp³-hybridized carbons (Fsp3) is 0.500. The molecule has 0 heterocycles. The van der Waals surface area contributed by atoms with E-state index in [2.05, 4.69) is 18.3 Å². The Bertz CT molecular complexity index is 195. The lowest BCUT2D eigenvalue weighted by Gasteiger charge is -1.93. The van der Waals surface area contributed by atoms with E-state index < -0.39 is 0 Å². The summed E-state index contributed by atoms with van der Waals surface area (Å²) in [4.78, 5) is 9.62. The van der Waals surface area contributed by atoms with Gasteiger partial charge in [0.25, 0.3) is 0 Å². The molecule has 0 amide bonds. The van der Waals surface area contributed by atoms with E-state index in [1.165, 1.54) is 6.21 Å². The summed E-state index contributed by atoms with van der Waals surface area (Å²) in [6.07, 6.45) is 7.21. The number of oxime groups is 1. The Morgan fingerprint density at radius 1 is 1.06 bits per heavy atom. The summed E-state index contributed by atoms with van der Waals surface area (Å²) in [5.74, 6) is 0. The average Bonchev–Trinajstić information content (AvgIpc) is 2.36. The highest BCUT2D eigenvalue weighted by Gasteiger charge is 1.80. The molecule has 0 aromatic carbocycles. The molecule has 0 saturated carbocycles. The van der Waals surface area contributed by atoms with Gasteiger partial charge >= 0.3 is 0 Å². The lowest BCUT2D eigenvalue weighted by Crippen LogP contribution is -1.95. The molecule has 1 N–H and O–H groups in total. The minimum absolute atomic E-state index is 0.202. The van der Waals surface area contributed by atoms with Crippen molar-refractivity contribution in [1.29, 1.82) is 0 Å². The molecule has 0 unspecified atom stereocenters. The molecule has 17 heavy (non-hydrogen) atoms. The predicted octanol–water partition coefficient (Wildman–Crippen LogP) is 1.82. The zero-order chi connectivity index (χ0) is 13.2. The van der Waals surface area contributed by atoms with Crippen molar-refractivity contribution >= 4 is 12.5 Å². The summed E-state index contributed by atoms with van der Waals surface area (Å²) < 4.78 is 9.72. The predicted molar refractivity (Wildman–Crippen MR) is 67.6 cm³/mol. The van der Waals surface area contributed by atoms with Crippen molar-refractivity contribution in [3.05, 3.63) is 25.3 Å². The third kappa shape index (κ3) is 25.1. The second-order valence-electron chi connectivity index (χ2n) is 2.77. The van der Waals surface area contributed by atoms with Gasteiger partial charge in [0.1, 0.15) is 12.9 Å². The van der Waals surface area contributed by atoms with E-state index in [9.17, 15) is 4.79 Å². The maximum Gasteiger partial charge on any atom is 0.145 e. The van der Waals surface area contributed by atoms with Crippen LogP contribution in [-0.4, -0.2) is 44.1 Å². The Labute approximate surface area is 102 Å². The SMILES string of the molecule is C=CCCOCC=NO.C=CCCOCC=O. The van der Waals surface area contributed by atoms with Crippen LogP contribution in [0.2, 0.25) is 0 Å². The second kappa shape index (κ2) is 20.0. The van der Waals surface area contributed by atoms with Gasteiger partial charge in [-0.05, 0) is 12.8 Å². The van der Waals surface area contributed by atoms with Crippen molar-refractivity contribution < 1.29 is 19.5 Å². The summed E-state index contributed by atoms with van der Waals surface area (Å²) in [6.45, 7) is 8.81. The van der Waals surface area contributed by atoms with Gasteiger partial charge < -0.3 is 19.5 Å². The maximum atomic E-state index is 9.62. The zero-order valence-corrected chi connectivity index (χ0v) is 10.1. The quantitative estimate of drug-likeness (QED) is 0.159. The molecule has 0 aromatic rings. The second-order valence-corrected chi connectivity index (χ2v) is 2.77. The highest BCUT2D eigenvalue weighted by molar-refractivity contribution is 5.57. The normalized spacial score (nSPS) is 9.41. The highest BCUT2D eigenvalue weighted by atomic mass is 16.5. The largest absolute Gasteiger partial charge is 0.411 e. The number of carbonyl (C=O) groups excluding carboxylic acids is 1. The molecule has 0 spiro atoms. The number of rotatable bonds is 10. The minimum atomic E-state index is 0.202. The number of hydrogen-bond acceptors (Lipinski definition) is 5. The van der Waals surface area contributed by atoms with E-state index in [-0.39, 0.29) is 6.61 Å².